The first kappa shape index (κ1) is 20.7. The van der Waals surface area contributed by atoms with E-state index in [0.717, 1.165) is 5.56 Å². The number of nitrogens with one attached hydrogen (secondary N) is 1. The Morgan fingerprint density at radius 3 is 2.72 bits per heavy atom. The Balaban J connectivity index is 1.86. The van der Waals surface area contributed by atoms with Crippen molar-refractivity contribution in [3.05, 3.63) is 41.8 Å². The average molecular weight is 402 g/mol. The van der Waals surface area contributed by atoms with Gasteiger partial charge in [0.25, 0.3) is 5.91 Å². The highest BCUT2D eigenvalue weighted by Gasteiger charge is 2.35. The lowest BCUT2D eigenvalue weighted by atomic mass is 9.78. The van der Waals surface area contributed by atoms with Crippen molar-refractivity contribution in [1.82, 2.24) is 10.5 Å². The van der Waals surface area contributed by atoms with Crippen LogP contribution in [0.2, 0.25) is 0 Å². The summed E-state index contributed by atoms with van der Waals surface area (Å²) in [5.74, 6) is 0.762. The highest BCUT2D eigenvalue weighted by Crippen LogP contribution is 2.38. The van der Waals surface area contributed by atoms with Gasteiger partial charge < -0.3 is 24.1 Å². The van der Waals surface area contributed by atoms with Gasteiger partial charge in [0.1, 0.15) is 6.10 Å². The maximum atomic E-state index is 12.5. The largest absolute Gasteiger partial charge is 0.493 e. The number of amides is 1. The van der Waals surface area contributed by atoms with Crippen LogP contribution in [0.1, 0.15) is 55.1 Å². The van der Waals surface area contributed by atoms with Crippen LogP contribution in [0.4, 0.5) is 0 Å². The molecule has 8 nitrogen and oxygen atoms in total. The Hall–Kier alpha value is -3.03. The maximum Gasteiger partial charge on any atom is 0.302 e. The third-order valence-corrected chi connectivity index (χ3v) is 5.03. The molecule has 2 aromatic rings. The molecule has 1 N–H and O–H groups in total. The molecule has 0 saturated heterocycles. The van der Waals surface area contributed by atoms with E-state index >= 15 is 0 Å². The van der Waals surface area contributed by atoms with Crippen LogP contribution in [0.15, 0.2) is 35.0 Å². The smallest absolute Gasteiger partial charge is 0.302 e. The van der Waals surface area contributed by atoms with Gasteiger partial charge in [-0.3, -0.25) is 9.59 Å². The summed E-state index contributed by atoms with van der Waals surface area (Å²) in [5.41, 5.74) is 0.981. The number of hydrogen-bond acceptors (Lipinski definition) is 7. The molecule has 3 atom stereocenters. The van der Waals surface area contributed by atoms with E-state index in [1.165, 1.54) is 19.2 Å². The summed E-state index contributed by atoms with van der Waals surface area (Å²) in [4.78, 5) is 23.9. The number of benzene rings is 1. The van der Waals surface area contributed by atoms with Crippen LogP contribution < -0.4 is 14.8 Å². The number of carbonyl (C=O) groups is 2. The number of hydrogen-bond donors (Lipinski definition) is 1. The van der Waals surface area contributed by atoms with Crippen LogP contribution >= 0.6 is 0 Å². The highest BCUT2D eigenvalue weighted by atomic mass is 16.5. The second-order valence-corrected chi connectivity index (χ2v) is 6.95. The van der Waals surface area contributed by atoms with Crippen molar-refractivity contribution in [3.8, 4) is 11.5 Å². The fourth-order valence-corrected chi connectivity index (χ4v) is 3.78. The molecule has 1 amide bonds. The fourth-order valence-electron chi connectivity index (χ4n) is 3.78. The Bertz CT molecular complexity index is 836. The molecule has 0 spiro atoms. The van der Waals surface area contributed by atoms with Crippen LogP contribution in [0, 0.1) is 0 Å². The highest BCUT2D eigenvalue weighted by molar-refractivity contribution is 5.91. The van der Waals surface area contributed by atoms with E-state index in [9.17, 15) is 9.59 Å². The van der Waals surface area contributed by atoms with Crippen LogP contribution in [0.5, 0.6) is 11.5 Å². The molecule has 1 aliphatic rings. The Morgan fingerprint density at radius 1 is 1.24 bits per heavy atom. The summed E-state index contributed by atoms with van der Waals surface area (Å²) >= 11 is 0. The van der Waals surface area contributed by atoms with Gasteiger partial charge in [0, 0.05) is 24.9 Å². The van der Waals surface area contributed by atoms with Crippen LogP contribution in [-0.4, -0.2) is 42.9 Å². The molecule has 1 saturated carbocycles. The summed E-state index contributed by atoms with van der Waals surface area (Å²) in [5, 5.41) is 6.62. The van der Waals surface area contributed by atoms with E-state index in [1.54, 1.807) is 7.11 Å². The number of nitrogens with zero attached hydrogens (tertiary/aromatic N) is 1. The second kappa shape index (κ2) is 9.45. The third-order valence-electron chi connectivity index (χ3n) is 5.03. The lowest BCUT2D eigenvalue weighted by Crippen LogP contribution is -2.44. The minimum atomic E-state index is -0.318. The molecular weight excluding hydrogens is 376 g/mol. The molecule has 1 heterocycles. The van der Waals surface area contributed by atoms with E-state index in [4.69, 9.17) is 18.7 Å². The summed E-state index contributed by atoms with van der Waals surface area (Å²) in [6.07, 6.45) is 3.17. The molecule has 0 aliphatic heterocycles. The van der Waals surface area contributed by atoms with Gasteiger partial charge >= 0.3 is 5.97 Å². The van der Waals surface area contributed by atoms with Gasteiger partial charge in [-0.05, 0) is 43.9 Å². The first-order chi connectivity index (χ1) is 14.0. The lowest BCUT2D eigenvalue weighted by molar-refractivity contribution is -0.148. The van der Waals surface area contributed by atoms with Crippen molar-refractivity contribution in [3.63, 3.8) is 0 Å². The summed E-state index contributed by atoms with van der Waals surface area (Å²) in [7, 11) is 1.59. The van der Waals surface area contributed by atoms with Gasteiger partial charge in [0.05, 0.1) is 19.9 Å². The lowest BCUT2D eigenvalue weighted by Gasteiger charge is -2.36. The summed E-state index contributed by atoms with van der Waals surface area (Å²) in [6, 6.07) is 7.11. The van der Waals surface area contributed by atoms with E-state index in [1.807, 2.05) is 25.1 Å². The third kappa shape index (κ3) is 5.07. The maximum absolute atomic E-state index is 12.5. The second-order valence-electron chi connectivity index (χ2n) is 6.95. The van der Waals surface area contributed by atoms with Gasteiger partial charge in [-0.2, -0.15) is 0 Å². The molecule has 1 fully saturated rings. The van der Waals surface area contributed by atoms with E-state index < -0.39 is 0 Å². The zero-order valence-electron chi connectivity index (χ0n) is 16.8. The number of esters is 1. The first-order valence-electron chi connectivity index (χ1n) is 9.71. The quantitative estimate of drug-likeness (QED) is 0.711. The molecule has 1 aromatic carbocycles. The van der Waals surface area contributed by atoms with Crippen molar-refractivity contribution in [2.24, 2.45) is 0 Å². The van der Waals surface area contributed by atoms with Gasteiger partial charge in [-0.25, -0.2) is 0 Å². The zero-order chi connectivity index (χ0) is 20.8. The number of carbonyl (C=O) groups excluding carboxylic acids is 2. The normalized spacial score (nSPS) is 21.3. The van der Waals surface area contributed by atoms with Gasteiger partial charge in [-0.1, -0.05) is 11.2 Å². The summed E-state index contributed by atoms with van der Waals surface area (Å²) < 4.78 is 21.5. The fraction of sp³-hybridized carbons (Fsp3) is 0.476. The molecule has 156 valence electrons. The molecule has 29 heavy (non-hydrogen) atoms. The van der Waals surface area contributed by atoms with Crippen LogP contribution in [0.25, 0.3) is 0 Å². The van der Waals surface area contributed by atoms with Crippen molar-refractivity contribution < 1.29 is 28.3 Å². The SMILES string of the molecule is CCOc1cc(C2CC(OC(C)=O)CCC2NC(=O)c2ccno2)ccc1OC. The molecule has 0 bridgehead atoms. The van der Waals surface area contributed by atoms with Gasteiger partial charge in [0.15, 0.2) is 11.5 Å². The van der Waals surface area contributed by atoms with Gasteiger partial charge in [-0.15, -0.1) is 0 Å². The monoisotopic (exact) mass is 402 g/mol. The molecular formula is C21H26N2O6. The van der Waals surface area contributed by atoms with Crippen molar-refractivity contribution in [1.29, 1.82) is 0 Å². The number of ether oxygens (including phenoxy) is 3. The van der Waals surface area contributed by atoms with Crippen LogP contribution in [-0.2, 0) is 9.53 Å². The molecule has 3 unspecified atom stereocenters. The molecule has 3 rings (SSSR count). The van der Waals surface area contributed by atoms with Crippen molar-refractivity contribution >= 4 is 11.9 Å². The molecule has 0 radical (unpaired) electrons. The number of aromatic nitrogens is 1. The Kier molecular flexibility index (Phi) is 6.74. The van der Waals surface area contributed by atoms with Crippen molar-refractivity contribution in [2.45, 2.75) is 51.2 Å². The predicted molar refractivity (Wildman–Crippen MR) is 104 cm³/mol. The van der Waals surface area contributed by atoms with Crippen LogP contribution in [0.3, 0.4) is 0 Å². The minimum absolute atomic E-state index is 0.0647. The number of methoxy groups -OCH3 is 1. The topological polar surface area (TPSA) is 99.9 Å². The number of rotatable bonds is 7. The molecule has 8 heteroatoms. The summed E-state index contributed by atoms with van der Waals surface area (Å²) in [6.45, 7) is 3.82. The predicted octanol–water partition coefficient (Wildman–Crippen LogP) is 3.08. The zero-order valence-corrected chi connectivity index (χ0v) is 16.8. The minimum Gasteiger partial charge on any atom is -0.493 e. The average Bonchev–Trinajstić information content (AvgIpc) is 3.24. The standard InChI is InChI=1S/C21H26N2O6/c1-4-27-20-11-14(5-8-18(20)26-3)16-12-15(28-13(2)24)6-7-17(16)23-21(25)19-9-10-22-29-19/h5,8-11,15-17H,4,6-7,12H2,1-3H3,(H,23,25). The van der Waals surface area contributed by atoms with Gasteiger partial charge in [0.2, 0.25) is 5.76 Å². The first-order valence-corrected chi connectivity index (χ1v) is 9.71. The Morgan fingerprint density at radius 2 is 2.07 bits per heavy atom. The Labute approximate surface area is 169 Å². The van der Waals surface area contributed by atoms with E-state index in [2.05, 4.69) is 10.5 Å². The molecule has 1 aliphatic carbocycles. The van der Waals surface area contributed by atoms with Crippen molar-refractivity contribution in [2.75, 3.05) is 13.7 Å². The van der Waals surface area contributed by atoms with E-state index in [0.29, 0.717) is 37.4 Å². The molecule has 1 aromatic heterocycles. The van der Waals surface area contributed by atoms with E-state index in [-0.39, 0.29) is 35.7 Å².